The van der Waals surface area contributed by atoms with Crippen LogP contribution < -0.4 is 5.32 Å². The predicted molar refractivity (Wildman–Crippen MR) is 88.9 cm³/mol. The standard InChI is InChI=1S/C19H15NO4/c1-11-5-4-7-13-17(11)20-18(22)19(13,23)10-14(21)16-9-12-6-2-3-8-15(12)24-16/h2-9,23H,10H2,1H3,(H,20,22)/t19-/m1/s1. The molecular weight excluding hydrogens is 306 g/mol. The number of ketones is 1. The summed E-state index contributed by atoms with van der Waals surface area (Å²) in [5, 5.41) is 14.3. The summed E-state index contributed by atoms with van der Waals surface area (Å²) in [5.74, 6) is -0.868. The second-order valence-corrected chi connectivity index (χ2v) is 6.06. The zero-order chi connectivity index (χ0) is 16.9. The molecule has 3 aromatic rings. The van der Waals surface area contributed by atoms with Gasteiger partial charge in [0.2, 0.25) is 5.78 Å². The van der Waals surface area contributed by atoms with E-state index in [0.717, 1.165) is 10.9 Å². The number of anilines is 1. The lowest BCUT2D eigenvalue weighted by atomic mass is 9.88. The van der Waals surface area contributed by atoms with E-state index in [0.29, 0.717) is 16.8 Å². The lowest BCUT2D eigenvalue weighted by Crippen LogP contribution is -2.36. The number of fused-ring (bicyclic) bond motifs is 2. The third-order valence-corrected chi connectivity index (χ3v) is 4.45. The van der Waals surface area contributed by atoms with E-state index >= 15 is 0 Å². The van der Waals surface area contributed by atoms with Crippen molar-refractivity contribution in [1.29, 1.82) is 0 Å². The van der Waals surface area contributed by atoms with Gasteiger partial charge in [0.05, 0.1) is 12.1 Å². The molecule has 2 heterocycles. The van der Waals surface area contributed by atoms with Crippen LogP contribution in [0.4, 0.5) is 5.69 Å². The fourth-order valence-electron chi connectivity index (χ4n) is 3.13. The molecule has 2 aromatic carbocycles. The molecule has 2 N–H and O–H groups in total. The van der Waals surface area contributed by atoms with Crippen LogP contribution in [0.5, 0.6) is 0 Å². The molecule has 120 valence electrons. The van der Waals surface area contributed by atoms with Crippen molar-refractivity contribution in [1.82, 2.24) is 0 Å². The average molecular weight is 321 g/mol. The third-order valence-electron chi connectivity index (χ3n) is 4.45. The van der Waals surface area contributed by atoms with Crippen molar-refractivity contribution in [2.45, 2.75) is 18.9 Å². The van der Waals surface area contributed by atoms with E-state index < -0.39 is 17.3 Å². The topological polar surface area (TPSA) is 79.5 Å². The molecule has 1 aromatic heterocycles. The van der Waals surface area contributed by atoms with Crippen molar-refractivity contribution in [3.63, 3.8) is 0 Å². The number of nitrogens with one attached hydrogen (secondary N) is 1. The molecule has 5 nitrogen and oxygen atoms in total. The minimum atomic E-state index is -1.88. The fourth-order valence-corrected chi connectivity index (χ4v) is 3.13. The van der Waals surface area contributed by atoms with Crippen molar-refractivity contribution < 1.29 is 19.1 Å². The minimum Gasteiger partial charge on any atom is -0.453 e. The number of carbonyl (C=O) groups excluding carboxylic acids is 2. The first-order chi connectivity index (χ1) is 11.5. The van der Waals surface area contributed by atoms with E-state index in [4.69, 9.17) is 4.42 Å². The fraction of sp³-hybridized carbons (Fsp3) is 0.158. The minimum absolute atomic E-state index is 0.138. The highest BCUT2D eigenvalue weighted by Gasteiger charge is 2.47. The molecule has 24 heavy (non-hydrogen) atoms. The predicted octanol–water partition coefficient (Wildman–Crippen LogP) is 3.15. The number of aliphatic hydroxyl groups is 1. The zero-order valence-corrected chi connectivity index (χ0v) is 13.0. The quantitative estimate of drug-likeness (QED) is 0.726. The van der Waals surface area contributed by atoms with Crippen molar-refractivity contribution in [3.8, 4) is 0 Å². The van der Waals surface area contributed by atoms with Gasteiger partial charge in [-0.2, -0.15) is 0 Å². The molecule has 0 saturated heterocycles. The Morgan fingerprint density at radius 1 is 1.21 bits per heavy atom. The molecule has 4 rings (SSSR count). The lowest BCUT2D eigenvalue weighted by Gasteiger charge is -2.19. The van der Waals surface area contributed by atoms with Gasteiger partial charge in [-0.1, -0.05) is 36.4 Å². The van der Waals surface area contributed by atoms with Gasteiger partial charge in [-0.05, 0) is 24.6 Å². The van der Waals surface area contributed by atoms with Crippen LogP contribution in [0, 0.1) is 6.92 Å². The Hall–Kier alpha value is -2.92. The summed E-state index contributed by atoms with van der Waals surface area (Å²) in [6, 6.07) is 14.2. The average Bonchev–Trinajstić information content (AvgIpc) is 3.10. The van der Waals surface area contributed by atoms with Gasteiger partial charge in [0, 0.05) is 10.9 Å². The highest BCUT2D eigenvalue weighted by atomic mass is 16.3. The molecular formula is C19H15NO4. The van der Waals surface area contributed by atoms with Gasteiger partial charge >= 0.3 is 0 Å². The van der Waals surface area contributed by atoms with Crippen molar-refractivity contribution in [3.05, 3.63) is 65.4 Å². The van der Waals surface area contributed by atoms with Crippen LogP contribution >= 0.6 is 0 Å². The molecule has 1 aliphatic rings. The Balaban J connectivity index is 1.71. The van der Waals surface area contributed by atoms with Gasteiger partial charge in [-0.3, -0.25) is 9.59 Å². The van der Waals surface area contributed by atoms with Crippen LogP contribution in [-0.2, 0) is 10.4 Å². The number of rotatable bonds is 3. The highest BCUT2D eigenvalue weighted by Crippen LogP contribution is 2.40. The van der Waals surface area contributed by atoms with E-state index in [1.807, 2.05) is 31.2 Å². The summed E-state index contributed by atoms with van der Waals surface area (Å²) in [7, 11) is 0. The van der Waals surface area contributed by atoms with Crippen LogP contribution in [0.1, 0.15) is 28.1 Å². The zero-order valence-electron chi connectivity index (χ0n) is 13.0. The first-order valence-electron chi connectivity index (χ1n) is 7.65. The molecule has 1 amide bonds. The number of hydrogen-bond acceptors (Lipinski definition) is 4. The van der Waals surface area contributed by atoms with Crippen molar-refractivity contribution >= 4 is 28.3 Å². The summed E-state index contributed by atoms with van der Waals surface area (Å²) in [6.07, 6.45) is -0.366. The smallest absolute Gasteiger partial charge is 0.261 e. The van der Waals surface area contributed by atoms with Gasteiger partial charge in [-0.25, -0.2) is 0 Å². The molecule has 1 atom stereocenters. The number of furan rings is 1. The molecule has 0 radical (unpaired) electrons. The number of benzene rings is 2. The summed E-state index contributed by atoms with van der Waals surface area (Å²) in [4.78, 5) is 24.9. The first kappa shape index (κ1) is 14.7. The van der Waals surface area contributed by atoms with Gasteiger partial charge in [0.1, 0.15) is 5.58 Å². The number of Topliss-reactive ketones (excluding diaryl/α,β-unsaturated/α-hetero) is 1. The summed E-state index contributed by atoms with van der Waals surface area (Å²) in [6.45, 7) is 1.84. The van der Waals surface area contributed by atoms with E-state index in [-0.39, 0.29) is 12.2 Å². The summed E-state index contributed by atoms with van der Waals surface area (Å²) < 4.78 is 5.54. The molecule has 1 aliphatic heterocycles. The van der Waals surface area contributed by atoms with Crippen LogP contribution in [0.25, 0.3) is 11.0 Å². The maximum absolute atomic E-state index is 12.6. The number of amides is 1. The number of carbonyl (C=O) groups is 2. The second kappa shape index (κ2) is 5.04. The van der Waals surface area contributed by atoms with Gasteiger partial charge in [0.25, 0.3) is 5.91 Å². The highest BCUT2D eigenvalue weighted by molar-refractivity contribution is 6.09. The largest absolute Gasteiger partial charge is 0.453 e. The van der Waals surface area contributed by atoms with Crippen LogP contribution in [0.3, 0.4) is 0 Å². The molecule has 0 aliphatic carbocycles. The Kier molecular flexibility index (Phi) is 3.08. The van der Waals surface area contributed by atoms with E-state index in [2.05, 4.69) is 5.32 Å². The Labute approximate surface area is 137 Å². The Morgan fingerprint density at radius 3 is 2.79 bits per heavy atom. The van der Waals surface area contributed by atoms with Gasteiger partial charge < -0.3 is 14.8 Å². The molecule has 0 bridgehead atoms. The first-order valence-corrected chi connectivity index (χ1v) is 7.65. The van der Waals surface area contributed by atoms with Crippen LogP contribution in [0.15, 0.2) is 52.9 Å². The molecule has 0 fully saturated rings. The van der Waals surface area contributed by atoms with E-state index in [9.17, 15) is 14.7 Å². The van der Waals surface area contributed by atoms with E-state index in [1.54, 1.807) is 24.3 Å². The van der Waals surface area contributed by atoms with Crippen molar-refractivity contribution in [2.75, 3.05) is 5.32 Å². The second-order valence-electron chi connectivity index (χ2n) is 6.06. The monoisotopic (exact) mass is 321 g/mol. The lowest BCUT2D eigenvalue weighted by molar-refractivity contribution is -0.133. The van der Waals surface area contributed by atoms with Crippen LogP contribution in [0.2, 0.25) is 0 Å². The number of para-hydroxylation sites is 2. The van der Waals surface area contributed by atoms with Gasteiger partial charge in [-0.15, -0.1) is 0 Å². The maximum atomic E-state index is 12.6. The number of hydrogen-bond donors (Lipinski definition) is 2. The van der Waals surface area contributed by atoms with Crippen molar-refractivity contribution in [2.24, 2.45) is 0 Å². The molecule has 0 unspecified atom stereocenters. The SMILES string of the molecule is Cc1cccc2c1NC(=O)[C@@]2(O)CC(=O)c1cc2ccccc2o1. The number of aryl methyl sites for hydroxylation is 1. The van der Waals surface area contributed by atoms with Gasteiger partial charge in [0.15, 0.2) is 11.4 Å². The van der Waals surface area contributed by atoms with E-state index in [1.165, 1.54) is 0 Å². The Bertz CT molecular complexity index is 955. The summed E-state index contributed by atoms with van der Waals surface area (Å²) >= 11 is 0. The maximum Gasteiger partial charge on any atom is 0.261 e. The van der Waals surface area contributed by atoms with Crippen LogP contribution in [-0.4, -0.2) is 16.8 Å². The molecule has 5 heteroatoms. The third kappa shape index (κ3) is 2.06. The molecule has 0 spiro atoms. The molecule has 0 saturated carbocycles. The summed E-state index contributed by atoms with van der Waals surface area (Å²) in [5.41, 5.74) is 0.560. The Morgan fingerprint density at radius 2 is 2.00 bits per heavy atom. The normalized spacial score (nSPS) is 19.3.